The van der Waals surface area contributed by atoms with Gasteiger partial charge < -0.3 is 4.42 Å². The Bertz CT molecular complexity index is 419. The molecule has 5 heteroatoms. The van der Waals surface area contributed by atoms with Crippen molar-refractivity contribution in [2.24, 2.45) is 0 Å². The molecule has 0 bridgehead atoms. The molecule has 0 atom stereocenters. The van der Waals surface area contributed by atoms with Crippen molar-refractivity contribution in [1.29, 1.82) is 0 Å². The Labute approximate surface area is 78.3 Å². The van der Waals surface area contributed by atoms with Crippen LogP contribution in [0.15, 0.2) is 21.6 Å². The fourth-order valence-corrected chi connectivity index (χ4v) is 1.46. The van der Waals surface area contributed by atoms with Crippen molar-refractivity contribution in [1.82, 2.24) is 9.97 Å². The summed E-state index contributed by atoms with van der Waals surface area (Å²) in [6.07, 6.45) is 1.34. The molecule has 0 aliphatic rings. The molecule has 2 rings (SSSR count). The highest BCUT2D eigenvalue weighted by atomic mass is 32.1. The van der Waals surface area contributed by atoms with E-state index in [9.17, 15) is 4.79 Å². The Morgan fingerprint density at radius 3 is 2.92 bits per heavy atom. The van der Waals surface area contributed by atoms with E-state index in [2.05, 4.69) is 9.97 Å². The lowest BCUT2D eigenvalue weighted by Gasteiger charge is -1.87. The van der Waals surface area contributed by atoms with Crippen LogP contribution in [0.25, 0.3) is 0 Å². The van der Waals surface area contributed by atoms with E-state index >= 15 is 0 Å². The standard InChI is InChI=1S/C8H6N2O2S/c1-5-10-6(2-12-5)8(11)7-3-13-4-9-7/h2-4H,1H3. The zero-order valence-corrected chi connectivity index (χ0v) is 7.67. The summed E-state index contributed by atoms with van der Waals surface area (Å²) in [5, 5.41) is 1.69. The molecule has 66 valence electrons. The van der Waals surface area contributed by atoms with Gasteiger partial charge in [0.05, 0.1) is 5.51 Å². The molecule has 0 amide bonds. The van der Waals surface area contributed by atoms with Crippen LogP contribution in [0.2, 0.25) is 0 Å². The maximum Gasteiger partial charge on any atom is 0.233 e. The van der Waals surface area contributed by atoms with Gasteiger partial charge in [0, 0.05) is 12.3 Å². The van der Waals surface area contributed by atoms with Gasteiger partial charge in [0.25, 0.3) is 0 Å². The van der Waals surface area contributed by atoms with Gasteiger partial charge in [-0.1, -0.05) is 0 Å². The fourth-order valence-electron chi connectivity index (χ4n) is 0.924. The van der Waals surface area contributed by atoms with Crippen LogP contribution in [0, 0.1) is 6.92 Å². The molecule has 0 aliphatic heterocycles. The molecule has 0 saturated heterocycles. The lowest BCUT2D eigenvalue weighted by Crippen LogP contribution is -2.01. The van der Waals surface area contributed by atoms with Crippen LogP contribution in [-0.4, -0.2) is 15.8 Å². The topological polar surface area (TPSA) is 56.0 Å². The SMILES string of the molecule is Cc1nc(C(=O)c2cscn2)co1. The highest BCUT2D eigenvalue weighted by Gasteiger charge is 2.14. The number of nitrogens with zero attached hydrogens (tertiary/aromatic N) is 2. The van der Waals surface area contributed by atoms with Gasteiger partial charge in [-0.15, -0.1) is 11.3 Å². The molecule has 0 radical (unpaired) electrons. The molecular formula is C8H6N2O2S. The number of aryl methyl sites for hydroxylation is 1. The molecule has 0 aliphatic carbocycles. The highest BCUT2D eigenvalue weighted by molar-refractivity contribution is 7.07. The van der Waals surface area contributed by atoms with E-state index in [1.54, 1.807) is 17.8 Å². The van der Waals surface area contributed by atoms with Gasteiger partial charge in [-0.2, -0.15) is 0 Å². The van der Waals surface area contributed by atoms with Crippen LogP contribution in [0.3, 0.4) is 0 Å². The van der Waals surface area contributed by atoms with E-state index in [1.807, 2.05) is 0 Å². The number of thiazole rings is 1. The third-order valence-electron chi connectivity index (χ3n) is 1.52. The minimum absolute atomic E-state index is 0.196. The number of aromatic nitrogens is 2. The predicted molar refractivity (Wildman–Crippen MR) is 46.8 cm³/mol. The van der Waals surface area contributed by atoms with E-state index in [4.69, 9.17) is 4.42 Å². The first-order valence-corrected chi connectivity index (χ1v) is 4.56. The Kier molecular flexibility index (Phi) is 1.94. The molecule has 0 spiro atoms. The number of hydrogen-bond acceptors (Lipinski definition) is 5. The van der Waals surface area contributed by atoms with Gasteiger partial charge in [0.15, 0.2) is 11.6 Å². The number of carbonyl (C=O) groups is 1. The molecule has 2 aromatic heterocycles. The molecule has 0 saturated carbocycles. The molecule has 0 fully saturated rings. The van der Waals surface area contributed by atoms with E-state index in [0.29, 0.717) is 17.3 Å². The summed E-state index contributed by atoms with van der Waals surface area (Å²) in [4.78, 5) is 19.3. The Morgan fingerprint density at radius 1 is 1.54 bits per heavy atom. The lowest BCUT2D eigenvalue weighted by atomic mass is 10.2. The summed E-state index contributed by atoms with van der Waals surface area (Å²) < 4.78 is 4.93. The van der Waals surface area contributed by atoms with Crippen molar-refractivity contribution in [2.75, 3.05) is 0 Å². The number of hydrogen-bond donors (Lipinski definition) is 0. The molecule has 0 unspecified atom stereocenters. The zero-order valence-electron chi connectivity index (χ0n) is 6.85. The number of carbonyl (C=O) groups excluding carboxylic acids is 1. The van der Waals surface area contributed by atoms with E-state index in [-0.39, 0.29) is 5.78 Å². The van der Waals surface area contributed by atoms with Crippen LogP contribution < -0.4 is 0 Å². The molecule has 2 aromatic rings. The van der Waals surface area contributed by atoms with E-state index < -0.39 is 0 Å². The van der Waals surface area contributed by atoms with Gasteiger partial charge in [-0.05, 0) is 0 Å². The normalized spacial score (nSPS) is 10.2. The quantitative estimate of drug-likeness (QED) is 0.682. The average Bonchev–Trinajstić information content (AvgIpc) is 2.72. The first-order valence-electron chi connectivity index (χ1n) is 3.62. The third kappa shape index (κ3) is 1.50. The Hall–Kier alpha value is -1.49. The van der Waals surface area contributed by atoms with Crippen LogP contribution in [0.5, 0.6) is 0 Å². The van der Waals surface area contributed by atoms with Gasteiger partial charge >= 0.3 is 0 Å². The van der Waals surface area contributed by atoms with Crippen molar-refractivity contribution in [3.05, 3.63) is 34.4 Å². The molecule has 13 heavy (non-hydrogen) atoms. The summed E-state index contributed by atoms with van der Waals surface area (Å²) >= 11 is 1.38. The second-order valence-corrected chi connectivity index (χ2v) is 3.17. The predicted octanol–water partition coefficient (Wildman–Crippen LogP) is 1.67. The van der Waals surface area contributed by atoms with Crippen molar-refractivity contribution < 1.29 is 9.21 Å². The van der Waals surface area contributed by atoms with Crippen LogP contribution in [0.1, 0.15) is 22.1 Å². The molecule has 0 N–H and O–H groups in total. The van der Waals surface area contributed by atoms with Crippen molar-refractivity contribution >= 4 is 17.1 Å². The average molecular weight is 194 g/mol. The maximum absolute atomic E-state index is 11.5. The van der Waals surface area contributed by atoms with Gasteiger partial charge in [0.2, 0.25) is 5.78 Å². The highest BCUT2D eigenvalue weighted by Crippen LogP contribution is 2.09. The van der Waals surface area contributed by atoms with E-state index in [0.717, 1.165) is 0 Å². The lowest BCUT2D eigenvalue weighted by molar-refractivity contribution is 0.103. The Balaban J connectivity index is 2.33. The van der Waals surface area contributed by atoms with E-state index in [1.165, 1.54) is 17.6 Å². The Morgan fingerprint density at radius 2 is 2.38 bits per heavy atom. The zero-order chi connectivity index (χ0) is 9.26. The first-order chi connectivity index (χ1) is 6.27. The van der Waals surface area contributed by atoms with Crippen LogP contribution in [-0.2, 0) is 0 Å². The molecule has 0 aromatic carbocycles. The first kappa shape index (κ1) is 8.12. The number of rotatable bonds is 2. The van der Waals surface area contributed by atoms with Crippen molar-refractivity contribution in [2.45, 2.75) is 6.92 Å². The van der Waals surface area contributed by atoms with Crippen LogP contribution >= 0.6 is 11.3 Å². The largest absolute Gasteiger partial charge is 0.449 e. The fraction of sp³-hybridized carbons (Fsp3) is 0.125. The number of oxazole rings is 1. The molecule has 4 nitrogen and oxygen atoms in total. The summed E-state index contributed by atoms with van der Waals surface area (Å²) in [7, 11) is 0. The molecule has 2 heterocycles. The minimum Gasteiger partial charge on any atom is -0.449 e. The van der Waals surface area contributed by atoms with Crippen molar-refractivity contribution in [3.8, 4) is 0 Å². The molecular weight excluding hydrogens is 188 g/mol. The van der Waals surface area contributed by atoms with Gasteiger partial charge in [-0.25, -0.2) is 9.97 Å². The second-order valence-electron chi connectivity index (χ2n) is 2.45. The minimum atomic E-state index is -0.196. The van der Waals surface area contributed by atoms with Crippen LogP contribution in [0.4, 0.5) is 0 Å². The summed E-state index contributed by atoms with van der Waals surface area (Å²) in [6.45, 7) is 1.69. The summed E-state index contributed by atoms with van der Waals surface area (Å²) in [5.74, 6) is 0.289. The van der Waals surface area contributed by atoms with Gasteiger partial charge in [-0.3, -0.25) is 4.79 Å². The van der Waals surface area contributed by atoms with Gasteiger partial charge in [0.1, 0.15) is 12.0 Å². The monoisotopic (exact) mass is 194 g/mol. The summed E-state index contributed by atoms with van der Waals surface area (Å²) in [6, 6.07) is 0. The smallest absolute Gasteiger partial charge is 0.233 e. The number of ketones is 1. The second kappa shape index (κ2) is 3.10. The third-order valence-corrected chi connectivity index (χ3v) is 2.10. The van der Waals surface area contributed by atoms with Crippen molar-refractivity contribution in [3.63, 3.8) is 0 Å². The maximum atomic E-state index is 11.5. The summed E-state index contributed by atoms with van der Waals surface area (Å²) in [5.41, 5.74) is 2.34.